The molecular formula is C27H26N4O4S. The Balaban J connectivity index is 1.41. The highest BCUT2D eigenvalue weighted by Crippen LogP contribution is 2.32. The van der Waals surface area contributed by atoms with Crippen molar-refractivity contribution in [1.82, 2.24) is 13.9 Å². The third kappa shape index (κ3) is 5.02. The largest absolute Gasteiger partial charge is 0.497 e. The number of anilines is 1. The molecule has 9 heteroatoms. The van der Waals surface area contributed by atoms with E-state index in [1.807, 2.05) is 66.9 Å². The van der Waals surface area contributed by atoms with Gasteiger partial charge >= 0.3 is 0 Å². The third-order valence-electron chi connectivity index (χ3n) is 5.98. The van der Waals surface area contributed by atoms with Crippen molar-refractivity contribution in [3.8, 4) is 22.7 Å². The molecule has 0 atom stereocenters. The van der Waals surface area contributed by atoms with Crippen LogP contribution in [-0.2, 0) is 14.8 Å². The number of ether oxygens (including phenoxy) is 1. The molecule has 0 saturated heterocycles. The first-order valence-electron chi connectivity index (χ1n) is 11.6. The molecule has 0 unspecified atom stereocenters. The van der Waals surface area contributed by atoms with E-state index in [4.69, 9.17) is 4.74 Å². The Morgan fingerprint density at radius 1 is 1.00 bits per heavy atom. The van der Waals surface area contributed by atoms with E-state index in [1.165, 1.54) is 23.5 Å². The van der Waals surface area contributed by atoms with E-state index < -0.39 is 15.9 Å². The Kier molecular flexibility index (Phi) is 6.58. The summed E-state index contributed by atoms with van der Waals surface area (Å²) in [6.07, 6.45) is 3.30. The molecule has 1 heterocycles. The lowest BCUT2D eigenvalue weighted by Gasteiger charge is -2.21. The smallest absolute Gasteiger partial charge is 0.243 e. The number of hydrogen-bond donors (Lipinski definition) is 1. The molecule has 1 aliphatic carbocycles. The SMILES string of the molecule is COc1ccc(S(=O)(=O)N(CC(=O)Nc2nc(-c3ccccc3)cn2-c2ccccc2)C2CC2)cc1. The van der Waals surface area contributed by atoms with Crippen LogP contribution >= 0.6 is 0 Å². The number of benzene rings is 3. The lowest BCUT2D eigenvalue weighted by molar-refractivity contribution is -0.116. The molecule has 5 rings (SSSR count). The standard InChI is InChI=1S/C27H26N4O4S/c1-35-23-14-16-24(17-15-23)36(33,34)31(22-12-13-22)19-26(32)29-27-28-25(20-8-4-2-5-9-20)18-30(27)21-10-6-3-7-11-21/h2-11,14-18,22H,12-13,19H2,1H3,(H,28,29,32). The molecule has 0 radical (unpaired) electrons. The fourth-order valence-electron chi connectivity index (χ4n) is 3.96. The number of amides is 1. The van der Waals surface area contributed by atoms with Crippen molar-refractivity contribution in [2.75, 3.05) is 19.0 Å². The Hall–Kier alpha value is -3.95. The van der Waals surface area contributed by atoms with Crippen LogP contribution < -0.4 is 10.1 Å². The summed E-state index contributed by atoms with van der Waals surface area (Å²) < 4.78 is 34.9. The van der Waals surface area contributed by atoms with Crippen molar-refractivity contribution >= 4 is 21.9 Å². The van der Waals surface area contributed by atoms with E-state index in [-0.39, 0.29) is 17.5 Å². The number of imidazole rings is 1. The van der Waals surface area contributed by atoms with Crippen LogP contribution in [0.25, 0.3) is 16.9 Å². The first-order valence-corrected chi connectivity index (χ1v) is 13.1. The molecular weight excluding hydrogens is 476 g/mol. The zero-order chi connectivity index (χ0) is 25.1. The Morgan fingerprint density at radius 3 is 2.25 bits per heavy atom. The quantitative estimate of drug-likeness (QED) is 0.368. The van der Waals surface area contributed by atoms with E-state index in [2.05, 4.69) is 10.3 Å². The highest BCUT2D eigenvalue weighted by Gasteiger charge is 2.39. The minimum atomic E-state index is -3.86. The maximum atomic E-state index is 13.4. The highest BCUT2D eigenvalue weighted by molar-refractivity contribution is 7.89. The Labute approximate surface area is 210 Å². The van der Waals surface area contributed by atoms with Crippen LogP contribution in [0.3, 0.4) is 0 Å². The molecule has 8 nitrogen and oxygen atoms in total. The highest BCUT2D eigenvalue weighted by atomic mass is 32.2. The van der Waals surface area contributed by atoms with Crippen molar-refractivity contribution in [1.29, 1.82) is 0 Å². The van der Waals surface area contributed by atoms with Gasteiger partial charge in [0.2, 0.25) is 21.9 Å². The number of nitrogens with one attached hydrogen (secondary N) is 1. The zero-order valence-electron chi connectivity index (χ0n) is 19.7. The number of nitrogens with zero attached hydrogens (tertiary/aromatic N) is 3. The van der Waals surface area contributed by atoms with Gasteiger partial charge in [-0.2, -0.15) is 4.31 Å². The van der Waals surface area contributed by atoms with Crippen LogP contribution in [0.15, 0.2) is 96.0 Å². The molecule has 1 amide bonds. The van der Waals surface area contributed by atoms with Crippen LogP contribution in [-0.4, -0.2) is 47.9 Å². The molecule has 1 saturated carbocycles. The minimum Gasteiger partial charge on any atom is -0.497 e. The summed E-state index contributed by atoms with van der Waals surface area (Å²) in [5, 5.41) is 2.84. The minimum absolute atomic E-state index is 0.125. The maximum absolute atomic E-state index is 13.4. The molecule has 36 heavy (non-hydrogen) atoms. The predicted molar refractivity (Wildman–Crippen MR) is 138 cm³/mol. The maximum Gasteiger partial charge on any atom is 0.243 e. The lowest BCUT2D eigenvalue weighted by atomic mass is 10.2. The number of para-hydroxylation sites is 1. The number of carbonyl (C=O) groups is 1. The molecule has 1 aromatic heterocycles. The van der Waals surface area contributed by atoms with Crippen molar-refractivity contribution in [2.45, 2.75) is 23.8 Å². The van der Waals surface area contributed by atoms with E-state index >= 15 is 0 Å². The average Bonchev–Trinajstić information content (AvgIpc) is 3.67. The van der Waals surface area contributed by atoms with Gasteiger partial charge in [-0.3, -0.25) is 14.7 Å². The van der Waals surface area contributed by atoms with Crippen LogP contribution in [0.2, 0.25) is 0 Å². The summed E-state index contributed by atoms with van der Waals surface area (Å²) in [5.41, 5.74) is 2.43. The van der Waals surface area contributed by atoms with Crippen LogP contribution in [0.5, 0.6) is 5.75 Å². The molecule has 4 aromatic rings. The molecule has 0 aliphatic heterocycles. The fraction of sp³-hybridized carbons (Fsp3) is 0.185. The zero-order valence-corrected chi connectivity index (χ0v) is 20.6. The molecule has 1 N–H and O–H groups in total. The van der Waals surface area contributed by atoms with Crippen molar-refractivity contribution in [3.05, 3.63) is 91.1 Å². The summed E-state index contributed by atoms with van der Waals surface area (Å²) >= 11 is 0. The van der Waals surface area contributed by atoms with Crippen molar-refractivity contribution in [2.24, 2.45) is 0 Å². The van der Waals surface area contributed by atoms with E-state index in [0.717, 1.165) is 24.1 Å². The molecule has 0 bridgehead atoms. The van der Waals surface area contributed by atoms with Gasteiger partial charge < -0.3 is 4.74 Å². The summed E-state index contributed by atoms with van der Waals surface area (Å²) in [6, 6.07) is 25.2. The predicted octanol–water partition coefficient (Wildman–Crippen LogP) is 4.34. The van der Waals surface area contributed by atoms with Crippen LogP contribution in [0.1, 0.15) is 12.8 Å². The van der Waals surface area contributed by atoms with E-state index in [1.54, 1.807) is 16.7 Å². The number of carbonyl (C=O) groups excluding carboxylic acids is 1. The van der Waals surface area contributed by atoms with Gasteiger partial charge in [0.05, 0.1) is 24.2 Å². The van der Waals surface area contributed by atoms with Crippen LogP contribution in [0, 0.1) is 0 Å². The van der Waals surface area contributed by atoms with Gasteiger partial charge in [0.25, 0.3) is 0 Å². The van der Waals surface area contributed by atoms with Gasteiger partial charge in [-0.25, -0.2) is 13.4 Å². The van der Waals surface area contributed by atoms with Gasteiger partial charge in [0.1, 0.15) is 5.75 Å². The van der Waals surface area contributed by atoms with Crippen LogP contribution in [0.4, 0.5) is 5.95 Å². The van der Waals surface area contributed by atoms with Crippen molar-refractivity contribution in [3.63, 3.8) is 0 Å². The van der Waals surface area contributed by atoms with Gasteiger partial charge in [0, 0.05) is 23.5 Å². The summed E-state index contributed by atoms with van der Waals surface area (Å²) in [7, 11) is -2.34. The average molecular weight is 503 g/mol. The fourth-order valence-corrected chi connectivity index (χ4v) is 5.60. The Bertz CT molecular complexity index is 1450. The van der Waals surface area contributed by atoms with Gasteiger partial charge in [-0.15, -0.1) is 0 Å². The number of rotatable bonds is 9. The van der Waals surface area contributed by atoms with Crippen molar-refractivity contribution < 1.29 is 17.9 Å². The number of hydrogen-bond acceptors (Lipinski definition) is 5. The monoisotopic (exact) mass is 502 g/mol. The summed E-state index contributed by atoms with van der Waals surface area (Å²) in [4.78, 5) is 18.0. The van der Waals surface area contributed by atoms with E-state index in [9.17, 15) is 13.2 Å². The third-order valence-corrected chi connectivity index (χ3v) is 7.89. The lowest BCUT2D eigenvalue weighted by Crippen LogP contribution is -2.39. The molecule has 1 fully saturated rings. The summed E-state index contributed by atoms with van der Waals surface area (Å²) in [5.74, 6) is 0.427. The van der Waals surface area contributed by atoms with Gasteiger partial charge in [-0.05, 0) is 49.2 Å². The number of aromatic nitrogens is 2. The van der Waals surface area contributed by atoms with Gasteiger partial charge in [-0.1, -0.05) is 48.5 Å². The number of sulfonamides is 1. The topological polar surface area (TPSA) is 93.5 Å². The molecule has 1 aliphatic rings. The molecule has 0 spiro atoms. The first-order chi connectivity index (χ1) is 17.5. The molecule has 184 valence electrons. The Morgan fingerprint density at radius 2 is 1.64 bits per heavy atom. The normalized spacial score (nSPS) is 13.5. The second-order valence-corrected chi connectivity index (χ2v) is 10.4. The van der Waals surface area contributed by atoms with E-state index in [0.29, 0.717) is 17.4 Å². The second-order valence-electron chi connectivity index (χ2n) is 8.53. The molecule has 3 aromatic carbocycles. The summed E-state index contributed by atoms with van der Waals surface area (Å²) in [6.45, 7) is -0.304. The van der Waals surface area contributed by atoms with Gasteiger partial charge in [0.15, 0.2) is 0 Å². The number of methoxy groups -OCH3 is 1. The second kappa shape index (κ2) is 9.96. The first kappa shape index (κ1) is 23.8.